The van der Waals surface area contributed by atoms with Crippen molar-refractivity contribution in [3.8, 4) is 5.88 Å². The molecule has 0 unspecified atom stereocenters. The molecule has 0 bridgehead atoms. The molecule has 2 aromatic carbocycles. The molecule has 3 aromatic rings. The highest BCUT2D eigenvalue weighted by Gasteiger charge is 2.07. The van der Waals surface area contributed by atoms with Gasteiger partial charge in [-0.3, -0.25) is 9.78 Å². The first-order chi connectivity index (χ1) is 10.2. The van der Waals surface area contributed by atoms with E-state index in [0.29, 0.717) is 11.3 Å². The Morgan fingerprint density at radius 3 is 2.00 bits per heavy atom. The monoisotopic (exact) mass is 297 g/mol. The van der Waals surface area contributed by atoms with Crippen molar-refractivity contribution in [2.75, 3.05) is 0 Å². The molecule has 3 rings (SSSR count). The fraction of sp³-hybridized carbons (Fsp3) is 0.118. The van der Waals surface area contributed by atoms with Crippen LogP contribution in [0.4, 0.5) is 0 Å². The molecule has 0 radical (unpaired) electrons. The lowest BCUT2D eigenvalue weighted by molar-refractivity contribution is 0.451. The topological polar surface area (TPSA) is 53.1 Å². The van der Waals surface area contributed by atoms with Gasteiger partial charge in [0, 0.05) is 6.42 Å². The van der Waals surface area contributed by atoms with E-state index in [1.807, 2.05) is 30.3 Å². The highest BCUT2D eigenvalue weighted by Crippen LogP contribution is 2.20. The average Bonchev–Trinajstić information content (AvgIpc) is 2.80. The van der Waals surface area contributed by atoms with Crippen LogP contribution in [0.5, 0.6) is 5.88 Å². The molecule has 0 saturated heterocycles. The van der Waals surface area contributed by atoms with Gasteiger partial charge in [0.25, 0.3) is 0 Å². The minimum atomic E-state index is -0.219. The summed E-state index contributed by atoms with van der Waals surface area (Å²) in [5.74, 6) is -0.0154. The van der Waals surface area contributed by atoms with Crippen LogP contribution in [0.15, 0.2) is 59.4 Å². The van der Waals surface area contributed by atoms with E-state index >= 15 is 0 Å². The summed E-state index contributed by atoms with van der Waals surface area (Å²) < 4.78 is 0. The fourth-order valence-electron chi connectivity index (χ4n) is 2.26. The quantitative estimate of drug-likeness (QED) is 0.776. The van der Waals surface area contributed by atoms with Crippen molar-refractivity contribution in [1.82, 2.24) is 4.98 Å². The predicted molar refractivity (Wildman–Crippen MR) is 85.1 cm³/mol. The number of rotatable bonds is 4. The minimum absolute atomic E-state index is 0.0154. The molecule has 1 aromatic heterocycles. The van der Waals surface area contributed by atoms with Gasteiger partial charge in [-0.25, -0.2) is 0 Å². The number of hydrogen-bond acceptors (Lipinski definition) is 3. The lowest BCUT2D eigenvalue weighted by Gasteiger charge is -2.04. The van der Waals surface area contributed by atoms with Gasteiger partial charge in [-0.15, -0.1) is 0 Å². The zero-order valence-electron chi connectivity index (χ0n) is 11.4. The van der Waals surface area contributed by atoms with Gasteiger partial charge < -0.3 is 5.11 Å². The summed E-state index contributed by atoms with van der Waals surface area (Å²) in [6.07, 6.45) is 1.48. The van der Waals surface area contributed by atoms with Gasteiger partial charge in [0.1, 0.15) is 0 Å². The fourth-order valence-corrected chi connectivity index (χ4v) is 3.02. The van der Waals surface area contributed by atoms with Gasteiger partial charge in [-0.05, 0) is 23.1 Å². The molecule has 4 heteroatoms. The SMILES string of the molecule is O=c1[nH]c(O)c(Cc2ccc(Cc3ccccc3)cc2)s1. The van der Waals surface area contributed by atoms with Crippen LogP contribution in [-0.2, 0) is 12.8 Å². The Morgan fingerprint density at radius 1 is 0.857 bits per heavy atom. The van der Waals surface area contributed by atoms with Gasteiger partial charge in [-0.1, -0.05) is 65.9 Å². The van der Waals surface area contributed by atoms with Crippen molar-refractivity contribution in [3.05, 3.63) is 85.8 Å². The highest BCUT2D eigenvalue weighted by molar-refractivity contribution is 7.09. The molecule has 0 saturated carbocycles. The molecule has 0 spiro atoms. The Bertz CT molecular complexity index is 773. The molecule has 0 fully saturated rings. The number of nitrogens with one attached hydrogen (secondary N) is 1. The van der Waals surface area contributed by atoms with Crippen LogP contribution >= 0.6 is 11.3 Å². The Labute approximate surface area is 126 Å². The van der Waals surface area contributed by atoms with Gasteiger partial charge in [0.15, 0.2) is 0 Å². The summed E-state index contributed by atoms with van der Waals surface area (Å²) in [7, 11) is 0. The van der Waals surface area contributed by atoms with E-state index in [4.69, 9.17) is 0 Å². The summed E-state index contributed by atoms with van der Waals surface area (Å²) in [6.45, 7) is 0. The molecule has 3 nitrogen and oxygen atoms in total. The first-order valence-corrected chi connectivity index (χ1v) is 7.55. The number of aromatic amines is 1. The van der Waals surface area contributed by atoms with E-state index in [-0.39, 0.29) is 10.8 Å². The first-order valence-electron chi connectivity index (χ1n) is 6.73. The van der Waals surface area contributed by atoms with Crippen LogP contribution in [0.1, 0.15) is 21.6 Å². The maximum Gasteiger partial charge on any atom is 0.307 e. The van der Waals surface area contributed by atoms with Crippen LogP contribution < -0.4 is 4.87 Å². The molecule has 0 aliphatic carbocycles. The van der Waals surface area contributed by atoms with E-state index < -0.39 is 0 Å². The molecule has 1 heterocycles. The van der Waals surface area contributed by atoms with Gasteiger partial charge >= 0.3 is 4.87 Å². The molecule has 0 amide bonds. The van der Waals surface area contributed by atoms with Crippen molar-refractivity contribution < 1.29 is 5.11 Å². The smallest absolute Gasteiger partial charge is 0.307 e. The second-order valence-corrected chi connectivity index (χ2v) is 6.01. The van der Waals surface area contributed by atoms with E-state index in [1.165, 1.54) is 11.1 Å². The second-order valence-electron chi connectivity index (χ2n) is 4.94. The Kier molecular flexibility index (Phi) is 3.88. The van der Waals surface area contributed by atoms with Crippen LogP contribution in [-0.4, -0.2) is 10.1 Å². The van der Waals surface area contributed by atoms with Crippen LogP contribution in [0.25, 0.3) is 0 Å². The van der Waals surface area contributed by atoms with Crippen molar-refractivity contribution in [2.45, 2.75) is 12.8 Å². The third kappa shape index (κ3) is 3.41. The van der Waals surface area contributed by atoms with Crippen molar-refractivity contribution in [2.24, 2.45) is 0 Å². The van der Waals surface area contributed by atoms with Crippen molar-refractivity contribution in [3.63, 3.8) is 0 Å². The van der Waals surface area contributed by atoms with Crippen molar-refractivity contribution >= 4 is 11.3 Å². The molecule has 106 valence electrons. The maximum atomic E-state index is 11.2. The van der Waals surface area contributed by atoms with Gasteiger partial charge in [-0.2, -0.15) is 0 Å². The van der Waals surface area contributed by atoms with Crippen LogP contribution in [0.3, 0.4) is 0 Å². The molecule has 0 aliphatic heterocycles. The molecular formula is C17H15NO2S. The zero-order chi connectivity index (χ0) is 14.7. The van der Waals surface area contributed by atoms with E-state index in [1.54, 1.807) is 0 Å². The van der Waals surface area contributed by atoms with Crippen LogP contribution in [0.2, 0.25) is 0 Å². The lowest BCUT2D eigenvalue weighted by atomic mass is 10.0. The first kappa shape index (κ1) is 13.6. The third-order valence-electron chi connectivity index (χ3n) is 3.34. The Balaban J connectivity index is 1.72. The lowest BCUT2D eigenvalue weighted by Crippen LogP contribution is -1.90. The summed E-state index contributed by atoms with van der Waals surface area (Å²) >= 11 is 1.05. The number of aromatic nitrogens is 1. The summed E-state index contributed by atoms with van der Waals surface area (Å²) in [6, 6.07) is 18.6. The molecule has 0 atom stereocenters. The predicted octanol–water partition coefficient (Wildman–Crippen LogP) is 3.32. The Hall–Kier alpha value is -2.33. The highest BCUT2D eigenvalue weighted by atomic mass is 32.1. The summed E-state index contributed by atoms with van der Waals surface area (Å²) in [5.41, 5.74) is 3.61. The maximum absolute atomic E-state index is 11.2. The van der Waals surface area contributed by atoms with Gasteiger partial charge in [0.2, 0.25) is 5.88 Å². The Morgan fingerprint density at radius 2 is 1.43 bits per heavy atom. The van der Waals surface area contributed by atoms with Crippen LogP contribution in [0, 0.1) is 0 Å². The zero-order valence-corrected chi connectivity index (χ0v) is 12.2. The number of hydrogen-bond donors (Lipinski definition) is 2. The standard InChI is InChI=1S/C17H15NO2S/c19-16-15(21-17(20)18-16)11-14-8-6-13(7-9-14)10-12-4-2-1-3-5-12/h1-9,19H,10-11H2,(H,18,20). The minimum Gasteiger partial charge on any atom is -0.494 e. The number of benzene rings is 2. The number of aromatic hydroxyl groups is 1. The summed E-state index contributed by atoms with van der Waals surface area (Å²) in [5, 5.41) is 9.60. The second kappa shape index (κ2) is 5.97. The molecule has 2 N–H and O–H groups in total. The molecular weight excluding hydrogens is 282 g/mol. The number of H-pyrrole nitrogens is 1. The van der Waals surface area contributed by atoms with Gasteiger partial charge in [0.05, 0.1) is 4.88 Å². The largest absolute Gasteiger partial charge is 0.494 e. The van der Waals surface area contributed by atoms with E-state index in [0.717, 1.165) is 23.3 Å². The van der Waals surface area contributed by atoms with Crippen molar-refractivity contribution in [1.29, 1.82) is 0 Å². The third-order valence-corrected chi connectivity index (χ3v) is 4.21. The average molecular weight is 297 g/mol. The molecule has 0 aliphatic rings. The molecule has 21 heavy (non-hydrogen) atoms. The number of thiazole rings is 1. The summed E-state index contributed by atoms with van der Waals surface area (Å²) in [4.78, 5) is 14.0. The normalized spacial score (nSPS) is 10.7. The van der Waals surface area contributed by atoms with E-state index in [2.05, 4.69) is 29.2 Å². The van der Waals surface area contributed by atoms with E-state index in [9.17, 15) is 9.90 Å².